The van der Waals surface area contributed by atoms with E-state index < -0.39 is 0 Å². The first kappa shape index (κ1) is 11.4. The van der Waals surface area contributed by atoms with Crippen molar-refractivity contribution in [1.82, 2.24) is 9.78 Å². The number of carbonyl (C=O) groups is 1. The quantitative estimate of drug-likeness (QED) is 0.784. The number of Topliss-reactive ketones (excluding diaryl/α,β-unsaturated/α-hetero) is 1. The number of nitrogens with zero attached hydrogens (tertiary/aromatic N) is 2. The predicted molar refractivity (Wildman–Crippen MR) is 63.3 cm³/mol. The Balaban J connectivity index is 2.17. The highest BCUT2D eigenvalue weighted by Gasteiger charge is 2.34. The molecular formula is C13H20N2O. The fraction of sp³-hybridized carbons (Fsp3) is 0.692. The lowest BCUT2D eigenvalue weighted by Crippen LogP contribution is -2.18. The summed E-state index contributed by atoms with van der Waals surface area (Å²) in [7, 11) is 0. The summed E-state index contributed by atoms with van der Waals surface area (Å²) in [4.78, 5) is 11.4. The zero-order valence-corrected chi connectivity index (χ0v) is 10.4. The van der Waals surface area contributed by atoms with Crippen molar-refractivity contribution in [2.45, 2.75) is 53.0 Å². The lowest BCUT2D eigenvalue weighted by atomic mass is 9.84. The molecule has 1 aromatic rings. The molecule has 1 aliphatic carbocycles. The van der Waals surface area contributed by atoms with Gasteiger partial charge in [-0.05, 0) is 38.2 Å². The van der Waals surface area contributed by atoms with E-state index in [1.807, 2.05) is 6.92 Å². The maximum atomic E-state index is 11.4. The van der Waals surface area contributed by atoms with Crippen LogP contribution in [0.4, 0.5) is 0 Å². The predicted octanol–water partition coefficient (Wildman–Crippen LogP) is 2.51. The van der Waals surface area contributed by atoms with E-state index in [0.29, 0.717) is 5.78 Å². The Morgan fingerprint density at radius 1 is 1.56 bits per heavy atom. The van der Waals surface area contributed by atoms with E-state index >= 15 is 0 Å². The van der Waals surface area contributed by atoms with Gasteiger partial charge < -0.3 is 0 Å². The minimum absolute atomic E-state index is 0.163. The second kappa shape index (κ2) is 4.04. The maximum absolute atomic E-state index is 11.4. The van der Waals surface area contributed by atoms with E-state index in [0.717, 1.165) is 37.9 Å². The standard InChI is InChI=1S/C13H20N2O/c1-4-15-11(7-10(2)14-15)8-13(3)6-5-12(16)9-13/h7H,4-6,8-9H2,1-3H3. The van der Waals surface area contributed by atoms with Crippen molar-refractivity contribution in [1.29, 1.82) is 0 Å². The topological polar surface area (TPSA) is 34.9 Å². The average molecular weight is 220 g/mol. The van der Waals surface area contributed by atoms with E-state index in [9.17, 15) is 4.79 Å². The Labute approximate surface area is 96.8 Å². The zero-order valence-electron chi connectivity index (χ0n) is 10.4. The molecule has 1 fully saturated rings. The first-order valence-electron chi connectivity index (χ1n) is 6.07. The molecule has 0 aromatic carbocycles. The van der Waals surface area contributed by atoms with Gasteiger partial charge in [0.1, 0.15) is 5.78 Å². The molecule has 1 unspecified atom stereocenters. The fourth-order valence-corrected chi connectivity index (χ4v) is 2.70. The van der Waals surface area contributed by atoms with Crippen LogP contribution in [0, 0.1) is 12.3 Å². The molecule has 16 heavy (non-hydrogen) atoms. The Morgan fingerprint density at radius 3 is 2.88 bits per heavy atom. The lowest BCUT2D eigenvalue weighted by Gasteiger charge is -2.22. The third kappa shape index (κ3) is 2.18. The van der Waals surface area contributed by atoms with Gasteiger partial charge in [0, 0.05) is 25.1 Å². The van der Waals surface area contributed by atoms with Crippen LogP contribution in [0.5, 0.6) is 0 Å². The summed E-state index contributed by atoms with van der Waals surface area (Å²) in [6.07, 6.45) is 3.50. The molecule has 0 bridgehead atoms. The molecule has 0 amide bonds. The highest BCUT2D eigenvalue weighted by molar-refractivity contribution is 5.81. The van der Waals surface area contributed by atoms with Crippen LogP contribution in [0.2, 0.25) is 0 Å². The van der Waals surface area contributed by atoms with Gasteiger partial charge in [0.25, 0.3) is 0 Å². The Kier molecular flexibility index (Phi) is 2.87. The maximum Gasteiger partial charge on any atom is 0.133 e. The number of hydrogen-bond donors (Lipinski definition) is 0. The molecule has 1 heterocycles. The van der Waals surface area contributed by atoms with Crippen molar-refractivity contribution in [3.05, 3.63) is 17.5 Å². The normalized spacial score (nSPS) is 25.3. The molecule has 1 aliphatic rings. The summed E-state index contributed by atoms with van der Waals surface area (Å²) in [5.74, 6) is 0.418. The SMILES string of the molecule is CCn1nc(C)cc1CC1(C)CCC(=O)C1. The monoisotopic (exact) mass is 220 g/mol. The van der Waals surface area contributed by atoms with Gasteiger partial charge in [-0.1, -0.05) is 6.92 Å². The average Bonchev–Trinajstić information content (AvgIpc) is 2.70. The number of aromatic nitrogens is 2. The molecule has 1 aromatic heterocycles. The van der Waals surface area contributed by atoms with Crippen LogP contribution >= 0.6 is 0 Å². The Morgan fingerprint density at radius 2 is 2.31 bits per heavy atom. The molecule has 1 atom stereocenters. The van der Waals surface area contributed by atoms with Gasteiger partial charge in [-0.3, -0.25) is 9.48 Å². The van der Waals surface area contributed by atoms with Gasteiger partial charge in [-0.15, -0.1) is 0 Å². The molecule has 0 N–H and O–H groups in total. The highest BCUT2D eigenvalue weighted by Crippen LogP contribution is 2.38. The summed E-state index contributed by atoms with van der Waals surface area (Å²) in [6, 6.07) is 2.15. The first-order valence-corrected chi connectivity index (χ1v) is 6.07. The minimum atomic E-state index is 0.163. The molecule has 3 heteroatoms. The zero-order chi connectivity index (χ0) is 11.8. The summed E-state index contributed by atoms with van der Waals surface area (Å²) >= 11 is 0. The van der Waals surface area contributed by atoms with Crippen LogP contribution < -0.4 is 0 Å². The second-order valence-corrected chi connectivity index (χ2v) is 5.30. The van der Waals surface area contributed by atoms with E-state index in [1.165, 1.54) is 5.69 Å². The van der Waals surface area contributed by atoms with Crippen molar-refractivity contribution < 1.29 is 4.79 Å². The lowest BCUT2D eigenvalue weighted by molar-refractivity contribution is -0.117. The Hall–Kier alpha value is -1.12. The Bertz CT molecular complexity index is 408. The third-order valence-corrected chi connectivity index (χ3v) is 3.52. The van der Waals surface area contributed by atoms with Crippen molar-refractivity contribution >= 4 is 5.78 Å². The van der Waals surface area contributed by atoms with Crippen LogP contribution in [0.25, 0.3) is 0 Å². The van der Waals surface area contributed by atoms with Crippen LogP contribution in [-0.2, 0) is 17.8 Å². The highest BCUT2D eigenvalue weighted by atomic mass is 16.1. The van der Waals surface area contributed by atoms with Crippen molar-refractivity contribution in [2.24, 2.45) is 5.41 Å². The molecular weight excluding hydrogens is 200 g/mol. The van der Waals surface area contributed by atoms with E-state index in [4.69, 9.17) is 0 Å². The van der Waals surface area contributed by atoms with E-state index in [2.05, 4.69) is 29.7 Å². The van der Waals surface area contributed by atoms with Crippen LogP contribution in [0.3, 0.4) is 0 Å². The number of rotatable bonds is 3. The smallest absolute Gasteiger partial charge is 0.133 e. The molecule has 2 rings (SSSR count). The van der Waals surface area contributed by atoms with E-state index in [1.54, 1.807) is 0 Å². The van der Waals surface area contributed by atoms with Crippen LogP contribution in [0.1, 0.15) is 44.5 Å². The molecule has 0 radical (unpaired) electrons. The summed E-state index contributed by atoms with van der Waals surface area (Å²) in [5.41, 5.74) is 2.51. The van der Waals surface area contributed by atoms with Gasteiger partial charge >= 0.3 is 0 Å². The van der Waals surface area contributed by atoms with Gasteiger partial charge in [-0.2, -0.15) is 5.10 Å². The molecule has 88 valence electrons. The van der Waals surface area contributed by atoms with Crippen molar-refractivity contribution in [3.63, 3.8) is 0 Å². The van der Waals surface area contributed by atoms with Gasteiger partial charge in [0.05, 0.1) is 5.69 Å². The molecule has 3 nitrogen and oxygen atoms in total. The number of aryl methyl sites for hydroxylation is 2. The van der Waals surface area contributed by atoms with Gasteiger partial charge in [0.15, 0.2) is 0 Å². The largest absolute Gasteiger partial charge is 0.300 e. The van der Waals surface area contributed by atoms with E-state index in [-0.39, 0.29) is 5.41 Å². The molecule has 0 aliphatic heterocycles. The number of ketones is 1. The molecule has 0 spiro atoms. The van der Waals surface area contributed by atoms with Crippen molar-refractivity contribution in [2.75, 3.05) is 0 Å². The fourth-order valence-electron chi connectivity index (χ4n) is 2.70. The summed E-state index contributed by atoms with van der Waals surface area (Å²) in [6.45, 7) is 7.27. The van der Waals surface area contributed by atoms with Crippen LogP contribution in [0.15, 0.2) is 6.07 Å². The van der Waals surface area contributed by atoms with Crippen molar-refractivity contribution in [3.8, 4) is 0 Å². The summed E-state index contributed by atoms with van der Waals surface area (Å²) < 4.78 is 2.06. The first-order chi connectivity index (χ1) is 7.52. The number of carbonyl (C=O) groups excluding carboxylic acids is 1. The summed E-state index contributed by atoms with van der Waals surface area (Å²) in [5, 5.41) is 4.45. The van der Waals surface area contributed by atoms with Gasteiger partial charge in [-0.25, -0.2) is 0 Å². The third-order valence-electron chi connectivity index (χ3n) is 3.52. The van der Waals surface area contributed by atoms with Gasteiger partial charge in [0.2, 0.25) is 0 Å². The van der Waals surface area contributed by atoms with Crippen LogP contribution in [-0.4, -0.2) is 15.6 Å². The second-order valence-electron chi connectivity index (χ2n) is 5.30. The molecule has 0 saturated heterocycles. The minimum Gasteiger partial charge on any atom is -0.300 e. The number of hydrogen-bond acceptors (Lipinski definition) is 2. The molecule has 1 saturated carbocycles.